The van der Waals surface area contributed by atoms with E-state index in [1.807, 2.05) is 23.1 Å². The summed E-state index contributed by atoms with van der Waals surface area (Å²) >= 11 is 0. The van der Waals surface area contributed by atoms with Gasteiger partial charge in [-0.05, 0) is 76.5 Å². The first-order valence-electron chi connectivity index (χ1n) is 15.1. The van der Waals surface area contributed by atoms with Crippen molar-refractivity contribution in [2.75, 3.05) is 43.2 Å². The molecule has 2 amide bonds. The van der Waals surface area contributed by atoms with Crippen LogP contribution < -0.4 is 19.9 Å². The maximum absolute atomic E-state index is 14.0. The van der Waals surface area contributed by atoms with Crippen LogP contribution in [0.3, 0.4) is 0 Å². The van der Waals surface area contributed by atoms with Crippen molar-refractivity contribution in [3.63, 3.8) is 0 Å². The lowest BCUT2D eigenvalue weighted by Gasteiger charge is -2.40. The van der Waals surface area contributed by atoms with E-state index in [2.05, 4.69) is 5.32 Å². The fraction of sp³-hybridized carbons (Fsp3) is 0.710. The molecule has 2 aliphatic heterocycles. The molecule has 0 aromatic heterocycles. The van der Waals surface area contributed by atoms with Crippen molar-refractivity contribution in [1.82, 2.24) is 5.32 Å². The van der Waals surface area contributed by atoms with Gasteiger partial charge in [0.2, 0.25) is 5.91 Å². The molecular formula is C31H45N3O6. The fourth-order valence-corrected chi connectivity index (χ4v) is 6.57. The molecule has 220 valence electrons. The summed E-state index contributed by atoms with van der Waals surface area (Å²) in [5, 5.41) is 13.7. The zero-order valence-corrected chi connectivity index (χ0v) is 24.2. The van der Waals surface area contributed by atoms with E-state index in [0.717, 1.165) is 44.2 Å². The maximum atomic E-state index is 14.0. The van der Waals surface area contributed by atoms with Crippen molar-refractivity contribution >= 4 is 29.0 Å². The Balaban J connectivity index is 1.33. The first kappa shape index (κ1) is 29.0. The molecule has 3 fully saturated rings. The van der Waals surface area contributed by atoms with Crippen LogP contribution in [0.5, 0.6) is 5.75 Å². The molecule has 4 aliphatic rings. The van der Waals surface area contributed by atoms with Crippen LogP contribution in [-0.4, -0.2) is 73.8 Å². The smallest absolute Gasteiger partial charge is 0.270 e. The molecule has 2 N–H and O–H groups in total. The number of anilines is 2. The fourth-order valence-electron chi connectivity index (χ4n) is 6.57. The summed E-state index contributed by atoms with van der Waals surface area (Å²) in [5.41, 5.74) is 0.464. The number of rotatable bonds is 10. The lowest BCUT2D eigenvalue weighted by Crippen LogP contribution is -2.53. The van der Waals surface area contributed by atoms with Gasteiger partial charge in [-0.1, -0.05) is 12.8 Å². The molecule has 2 saturated carbocycles. The van der Waals surface area contributed by atoms with Crippen LogP contribution in [0.2, 0.25) is 0 Å². The van der Waals surface area contributed by atoms with Crippen LogP contribution in [0.1, 0.15) is 71.6 Å². The highest BCUT2D eigenvalue weighted by Gasteiger charge is 2.43. The Morgan fingerprint density at radius 3 is 2.62 bits per heavy atom. The second kappa shape index (κ2) is 12.2. The number of ether oxygens (including phenoxy) is 2. The largest absolute Gasteiger partial charge is 0.476 e. The number of hydrogen-bond acceptors (Lipinski definition) is 7. The SMILES string of the molecule is COCCCN1C(=O)C(C)(C)Oc2ccc(N(C(=O)[C@H]3CNC[C@@H](C(=O)C[C@@H]4CCCC[C@H]4O)C3)C3CC3)cc21. The van der Waals surface area contributed by atoms with Crippen LogP contribution in [0, 0.1) is 17.8 Å². The molecule has 5 rings (SSSR count). The van der Waals surface area contributed by atoms with E-state index in [-0.39, 0.29) is 41.4 Å². The predicted molar refractivity (Wildman–Crippen MR) is 153 cm³/mol. The monoisotopic (exact) mass is 555 g/mol. The summed E-state index contributed by atoms with van der Waals surface area (Å²) < 4.78 is 11.3. The molecule has 1 saturated heterocycles. The molecule has 1 aromatic rings. The highest BCUT2D eigenvalue weighted by atomic mass is 16.5. The third-order valence-electron chi connectivity index (χ3n) is 9.00. The van der Waals surface area contributed by atoms with E-state index < -0.39 is 11.7 Å². The van der Waals surface area contributed by atoms with Crippen molar-refractivity contribution in [3.8, 4) is 5.75 Å². The van der Waals surface area contributed by atoms with Gasteiger partial charge in [0.1, 0.15) is 11.5 Å². The van der Waals surface area contributed by atoms with Gasteiger partial charge >= 0.3 is 0 Å². The van der Waals surface area contributed by atoms with Gasteiger partial charge in [-0.3, -0.25) is 14.4 Å². The lowest BCUT2D eigenvalue weighted by atomic mass is 9.79. The molecule has 2 aliphatic carbocycles. The molecule has 4 atom stereocenters. The Morgan fingerprint density at radius 2 is 1.90 bits per heavy atom. The Labute approximate surface area is 237 Å². The number of amides is 2. The van der Waals surface area contributed by atoms with E-state index in [1.54, 1.807) is 25.9 Å². The number of carbonyl (C=O) groups is 3. The number of ketones is 1. The van der Waals surface area contributed by atoms with Gasteiger partial charge in [0.25, 0.3) is 5.91 Å². The maximum Gasteiger partial charge on any atom is 0.270 e. The Kier molecular flexibility index (Phi) is 8.83. The molecule has 2 heterocycles. The Morgan fingerprint density at radius 1 is 1.15 bits per heavy atom. The molecule has 1 aromatic carbocycles. The Hall–Kier alpha value is -2.49. The highest BCUT2D eigenvalue weighted by Crippen LogP contribution is 2.43. The normalized spacial score (nSPS) is 28.0. The van der Waals surface area contributed by atoms with Crippen molar-refractivity contribution in [2.24, 2.45) is 17.8 Å². The quantitative estimate of drug-likeness (QED) is 0.426. The van der Waals surface area contributed by atoms with Crippen LogP contribution in [0.15, 0.2) is 18.2 Å². The number of nitrogens with one attached hydrogen (secondary N) is 1. The van der Waals surface area contributed by atoms with Crippen molar-refractivity contribution in [3.05, 3.63) is 18.2 Å². The molecule has 0 radical (unpaired) electrons. The lowest BCUT2D eigenvalue weighted by molar-refractivity contribution is -0.132. The summed E-state index contributed by atoms with van der Waals surface area (Å²) in [4.78, 5) is 44.2. The number of nitrogens with zero attached hydrogens (tertiary/aromatic N) is 2. The second-order valence-electron chi connectivity index (χ2n) is 12.6. The predicted octanol–water partition coefficient (Wildman–Crippen LogP) is 3.46. The number of hydrogen-bond donors (Lipinski definition) is 2. The van der Waals surface area contributed by atoms with Crippen LogP contribution in [-0.2, 0) is 19.1 Å². The van der Waals surface area contributed by atoms with Crippen molar-refractivity contribution in [2.45, 2.75) is 89.4 Å². The number of aliphatic hydroxyl groups is 1. The van der Waals surface area contributed by atoms with Gasteiger partial charge in [0.15, 0.2) is 5.60 Å². The number of methoxy groups -OCH3 is 1. The third kappa shape index (κ3) is 6.21. The number of carbonyl (C=O) groups excluding carboxylic acids is 3. The molecule has 9 nitrogen and oxygen atoms in total. The minimum absolute atomic E-state index is 0.0273. The topological polar surface area (TPSA) is 108 Å². The van der Waals surface area contributed by atoms with Crippen LogP contribution in [0.25, 0.3) is 0 Å². The molecular weight excluding hydrogens is 510 g/mol. The minimum atomic E-state index is -0.976. The van der Waals surface area contributed by atoms with Crippen molar-refractivity contribution in [1.29, 1.82) is 0 Å². The van der Waals surface area contributed by atoms with E-state index in [4.69, 9.17) is 9.47 Å². The first-order chi connectivity index (χ1) is 19.2. The van der Waals surface area contributed by atoms with Crippen molar-refractivity contribution < 1.29 is 29.0 Å². The summed E-state index contributed by atoms with van der Waals surface area (Å²) in [7, 11) is 1.65. The molecule has 0 bridgehead atoms. The zero-order valence-electron chi connectivity index (χ0n) is 24.2. The number of aliphatic hydroxyl groups excluding tert-OH is 1. The summed E-state index contributed by atoms with van der Waals surface area (Å²) in [6.45, 7) is 5.72. The average molecular weight is 556 g/mol. The summed E-state index contributed by atoms with van der Waals surface area (Å²) in [6.07, 6.45) is 6.85. The molecule has 0 spiro atoms. The van der Waals surface area contributed by atoms with Gasteiger partial charge in [-0.25, -0.2) is 0 Å². The van der Waals surface area contributed by atoms with Crippen LogP contribution >= 0.6 is 0 Å². The van der Waals surface area contributed by atoms with E-state index in [0.29, 0.717) is 56.9 Å². The standard InChI is InChI=1S/C31H45N3O6/c1-31(2)30(38)33(13-6-14-39-3)25-17-24(11-12-28(25)40-31)34(23-9-10-23)29(37)22-15-21(18-32-19-22)27(36)16-20-7-4-5-8-26(20)35/h11-12,17,20-23,26,32,35H,4-10,13-16,18-19H2,1-3H3/t20-,21-,22+,26+/m0/s1. The second-order valence-corrected chi connectivity index (χ2v) is 12.6. The molecule has 0 unspecified atom stereocenters. The first-order valence-corrected chi connectivity index (χ1v) is 15.1. The summed E-state index contributed by atoms with van der Waals surface area (Å²) in [6, 6.07) is 5.82. The van der Waals surface area contributed by atoms with E-state index in [9.17, 15) is 19.5 Å². The highest BCUT2D eigenvalue weighted by molar-refractivity contribution is 6.04. The molecule has 40 heavy (non-hydrogen) atoms. The number of Topliss-reactive ketones (excluding diaryl/α,β-unsaturated/α-hetero) is 1. The van der Waals surface area contributed by atoms with Gasteiger partial charge in [0.05, 0.1) is 17.7 Å². The molecule has 9 heteroatoms. The van der Waals surface area contributed by atoms with Gasteiger partial charge in [-0.15, -0.1) is 0 Å². The van der Waals surface area contributed by atoms with Crippen LogP contribution in [0.4, 0.5) is 11.4 Å². The van der Waals surface area contributed by atoms with Gasteiger partial charge < -0.3 is 29.7 Å². The number of fused-ring (bicyclic) bond motifs is 1. The van der Waals surface area contributed by atoms with E-state index in [1.165, 1.54) is 0 Å². The van der Waals surface area contributed by atoms with E-state index >= 15 is 0 Å². The average Bonchev–Trinajstić information content (AvgIpc) is 3.77. The summed E-state index contributed by atoms with van der Waals surface area (Å²) in [5.74, 6) is 0.225. The third-order valence-corrected chi connectivity index (χ3v) is 9.00. The number of benzene rings is 1. The van der Waals surface area contributed by atoms with Gasteiger partial charge in [0, 0.05) is 57.4 Å². The zero-order chi connectivity index (χ0) is 28.4. The minimum Gasteiger partial charge on any atom is -0.476 e. The van der Waals surface area contributed by atoms with Gasteiger partial charge in [-0.2, -0.15) is 0 Å². The Bertz CT molecular complexity index is 1100. The number of piperidine rings is 1.